The van der Waals surface area contributed by atoms with E-state index in [9.17, 15) is 18.0 Å². The summed E-state index contributed by atoms with van der Waals surface area (Å²) < 4.78 is 50.0. The number of imidazole rings is 1. The van der Waals surface area contributed by atoms with E-state index in [1.54, 1.807) is 0 Å². The summed E-state index contributed by atoms with van der Waals surface area (Å²) in [4.78, 5) is 21.9. The van der Waals surface area contributed by atoms with Gasteiger partial charge in [-0.15, -0.1) is 10.2 Å². The third kappa shape index (κ3) is 4.89. The SMILES string of the molecule is CCCCCn1c2ncn(Br)c2c(=O)n2c(CCc3nc(Cc4ccccc4C(F)(F)F)no3)nnc12. The molecule has 0 saturated carbocycles. The summed E-state index contributed by atoms with van der Waals surface area (Å²) in [6.45, 7) is 2.74. The minimum atomic E-state index is -4.47. The molecule has 0 radical (unpaired) electrons. The zero-order valence-corrected chi connectivity index (χ0v) is 21.3. The van der Waals surface area contributed by atoms with Gasteiger partial charge in [0.05, 0.1) is 21.7 Å². The summed E-state index contributed by atoms with van der Waals surface area (Å²) in [5, 5.41) is 12.3. The molecule has 4 heterocycles. The van der Waals surface area contributed by atoms with Gasteiger partial charge < -0.3 is 4.52 Å². The summed E-state index contributed by atoms with van der Waals surface area (Å²) >= 11 is 3.34. The van der Waals surface area contributed by atoms with E-state index in [0.29, 0.717) is 29.3 Å². The summed E-state index contributed by atoms with van der Waals surface area (Å²) in [5.41, 5.74) is -0.103. The molecule has 10 nitrogen and oxygen atoms in total. The fourth-order valence-electron chi connectivity index (χ4n) is 4.29. The van der Waals surface area contributed by atoms with Crippen LogP contribution in [0.3, 0.4) is 0 Å². The van der Waals surface area contributed by atoms with Gasteiger partial charge in [0.1, 0.15) is 12.2 Å². The van der Waals surface area contributed by atoms with Crippen molar-refractivity contribution in [3.05, 3.63) is 69.6 Å². The van der Waals surface area contributed by atoms with Crippen molar-refractivity contribution in [2.24, 2.45) is 0 Å². The van der Waals surface area contributed by atoms with Gasteiger partial charge in [0.15, 0.2) is 17.0 Å². The molecule has 0 bridgehead atoms. The molecule has 0 aliphatic carbocycles. The molecule has 0 atom stereocenters. The molecular formula is C23H22BrF3N8O2. The molecule has 14 heteroatoms. The predicted octanol–water partition coefficient (Wildman–Crippen LogP) is 4.37. The number of hydrogen-bond acceptors (Lipinski definition) is 7. The Balaban J connectivity index is 1.40. The molecule has 5 aromatic rings. The average molecular weight is 579 g/mol. The zero-order chi connectivity index (χ0) is 26.2. The average Bonchev–Trinajstić information content (AvgIpc) is 3.59. The second-order valence-corrected chi connectivity index (χ2v) is 9.34. The van der Waals surface area contributed by atoms with E-state index in [1.165, 1.54) is 32.5 Å². The second-order valence-electron chi connectivity index (χ2n) is 8.58. The molecule has 0 unspecified atom stereocenters. The van der Waals surface area contributed by atoms with Gasteiger partial charge in [0.2, 0.25) is 11.7 Å². The van der Waals surface area contributed by atoms with Crippen molar-refractivity contribution in [3.8, 4) is 0 Å². The first-order chi connectivity index (χ1) is 17.8. The Morgan fingerprint density at radius 1 is 1.11 bits per heavy atom. The largest absolute Gasteiger partial charge is 0.416 e. The third-order valence-electron chi connectivity index (χ3n) is 6.05. The van der Waals surface area contributed by atoms with E-state index in [4.69, 9.17) is 4.52 Å². The number of hydrogen-bond donors (Lipinski definition) is 0. The van der Waals surface area contributed by atoms with E-state index in [2.05, 4.69) is 48.4 Å². The molecule has 0 N–H and O–H groups in total. The maximum atomic E-state index is 13.3. The first-order valence-corrected chi connectivity index (χ1v) is 12.5. The highest BCUT2D eigenvalue weighted by Crippen LogP contribution is 2.32. The monoisotopic (exact) mass is 578 g/mol. The van der Waals surface area contributed by atoms with Crippen molar-refractivity contribution in [2.45, 2.75) is 58.2 Å². The highest BCUT2D eigenvalue weighted by molar-refractivity contribution is 9.08. The van der Waals surface area contributed by atoms with Gasteiger partial charge in [0, 0.05) is 25.8 Å². The lowest BCUT2D eigenvalue weighted by atomic mass is 10.0. The van der Waals surface area contributed by atoms with Crippen molar-refractivity contribution >= 4 is 33.1 Å². The Morgan fingerprint density at radius 2 is 1.92 bits per heavy atom. The van der Waals surface area contributed by atoms with E-state index >= 15 is 0 Å². The standard InChI is InChI=1S/C23H22BrF3N8O2/c1-2-3-6-11-33-20-19(34(24)13-28-20)21(36)35-17(30-31-22(33)35)9-10-18-29-16(32-37-18)12-14-7-4-5-8-15(14)23(25,26)27/h4-5,7-8,13H,2-3,6,9-12H2,1H3. The van der Waals surface area contributed by atoms with Gasteiger partial charge in [-0.3, -0.25) is 13.0 Å². The fraction of sp³-hybridized carbons (Fsp3) is 0.391. The molecule has 4 aromatic heterocycles. The Morgan fingerprint density at radius 3 is 2.70 bits per heavy atom. The van der Waals surface area contributed by atoms with Gasteiger partial charge in [-0.25, -0.2) is 9.38 Å². The highest BCUT2D eigenvalue weighted by atomic mass is 79.9. The van der Waals surface area contributed by atoms with Crippen molar-refractivity contribution < 1.29 is 17.7 Å². The van der Waals surface area contributed by atoms with Crippen LogP contribution >= 0.6 is 16.1 Å². The van der Waals surface area contributed by atoms with E-state index in [1.807, 2.05) is 4.57 Å². The van der Waals surface area contributed by atoms with Gasteiger partial charge in [-0.1, -0.05) is 43.1 Å². The summed E-state index contributed by atoms with van der Waals surface area (Å²) in [7, 11) is 0. The Bertz CT molecular complexity index is 1620. The molecular weight excluding hydrogens is 557 g/mol. The minimum Gasteiger partial charge on any atom is -0.339 e. The first-order valence-electron chi connectivity index (χ1n) is 11.7. The molecule has 0 aliphatic rings. The van der Waals surface area contributed by atoms with Crippen LogP contribution in [0.2, 0.25) is 0 Å². The predicted molar refractivity (Wildman–Crippen MR) is 130 cm³/mol. The number of unbranched alkanes of at least 4 members (excludes halogenated alkanes) is 2. The number of nitrogens with zero attached hydrogens (tertiary/aromatic N) is 8. The lowest BCUT2D eigenvalue weighted by molar-refractivity contribution is -0.138. The maximum absolute atomic E-state index is 13.3. The van der Waals surface area contributed by atoms with Crippen LogP contribution < -0.4 is 5.56 Å². The van der Waals surface area contributed by atoms with Crippen LogP contribution in [-0.2, 0) is 32.0 Å². The lowest BCUT2D eigenvalue weighted by Gasteiger charge is -2.10. The zero-order valence-electron chi connectivity index (χ0n) is 19.7. The molecule has 0 amide bonds. The molecule has 0 saturated heterocycles. The second kappa shape index (κ2) is 10.1. The van der Waals surface area contributed by atoms with Crippen molar-refractivity contribution in [1.82, 2.24) is 37.9 Å². The first kappa shape index (κ1) is 25.1. The molecule has 0 spiro atoms. The van der Waals surface area contributed by atoms with Gasteiger partial charge in [-0.2, -0.15) is 18.2 Å². The van der Waals surface area contributed by atoms with Crippen LogP contribution in [0.15, 0.2) is 39.9 Å². The number of aryl methyl sites for hydroxylation is 3. The van der Waals surface area contributed by atoms with Gasteiger partial charge >= 0.3 is 6.18 Å². The number of halogens is 4. The van der Waals surface area contributed by atoms with Crippen LogP contribution in [0.1, 0.15) is 54.9 Å². The van der Waals surface area contributed by atoms with Gasteiger partial charge in [-0.05, 0) is 18.1 Å². The Kier molecular flexibility index (Phi) is 6.84. The number of benzene rings is 1. The molecule has 1 aromatic carbocycles. The lowest BCUT2D eigenvalue weighted by Crippen LogP contribution is -2.22. The van der Waals surface area contributed by atoms with Crippen molar-refractivity contribution in [1.29, 1.82) is 0 Å². The highest BCUT2D eigenvalue weighted by Gasteiger charge is 2.33. The van der Waals surface area contributed by atoms with Crippen LogP contribution in [0.4, 0.5) is 13.2 Å². The van der Waals surface area contributed by atoms with Crippen molar-refractivity contribution in [3.63, 3.8) is 0 Å². The smallest absolute Gasteiger partial charge is 0.339 e. The van der Waals surface area contributed by atoms with Crippen molar-refractivity contribution in [2.75, 3.05) is 0 Å². The molecule has 194 valence electrons. The Labute approximate surface area is 216 Å². The van der Waals surface area contributed by atoms with Crippen LogP contribution in [0.5, 0.6) is 0 Å². The van der Waals surface area contributed by atoms with Gasteiger partial charge in [0.25, 0.3) is 5.56 Å². The number of fused-ring (bicyclic) bond motifs is 2. The number of alkyl halides is 3. The maximum Gasteiger partial charge on any atom is 0.416 e. The van der Waals surface area contributed by atoms with Crippen LogP contribution in [0, 0.1) is 0 Å². The quantitative estimate of drug-likeness (QED) is 0.239. The number of rotatable bonds is 9. The summed E-state index contributed by atoms with van der Waals surface area (Å²) in [6, 6.07) is 5.29. The summed E-state index contributed by atoms with van der Waals surface area (Å²) in [5.74, 6) is 1.17. The molecule has 0 fully saturated rings. The van der Waals surface area contributed by atoms with Crippen LogP contribution in [-0.4, -0.2) is 37.9 Å². The van der Waals surface area contributed by atoms with Crippen LogP contribution in [0.25, 0.3) is 16.9 Å². The van der Waals surface area contributed by atoms with E-state index in [0.717, 1.165) is 25.3 Å². The number of aromatic nitrogens is 8. The fourth-order valence-corrected chi connectivity index (χ4v) is 4.69. The topological polar surface area (TPSA) is 109 Å². The summed E-state index contributed by atoms with van der Waals surface area (Å²) in [6.07, 6.45) is 0.361. The normalized spacial score (nSPS) is 12.2. The van der Waals surface area contributed by atoms with E-state index in [-0.39, 0.29) is 42.1 Å². The molecule has 5 rings (SSSR count). The third-order valence-corrected chi connectivity index (χ3v) is 6.59. The Hall–Kier alpha value is -3.55. The van der Waals surface area contributed by atoms with E-state index < -0.39 is 11.7 Å². The molecule has 0 aliphatic heterocycles. The molecule has 37 heavy (non-hydrogen) atoms. The minimum absolute atomic E-state index is 0.0600.